The lowest BCUT2D eigenvalue weighted by Gasteiger charge is -2.26. The van der Waals surface area contributed by atoms with E-state index in [9.17, 15) is 9.59 Å². The Morgan fingerprint density at radius 3 is 2.81 bits per heavy atom. The summed E-state index contributed by atoms with van der Waals surface area (Å²) in [5, 5.41) is 5.08. The molecule has 7 heteroatoms. The summed E-state index contributed by atoms with van der Waals surface area (Å²) in [6, 6.07) is 4.78. The number of carbonyl (C=O) groups is 2. The Morgan fingerprint density at radius 2 is 2.06 bits per heavy atom. The lowest BCUT2D eigenvalue weighted by atomic mass is 9.80. The predicted molar refractivity (Wildman–Crippen MR) is 127 cm³/mol. The van der Waals surface area contributed by atoms with Gasteiger partial charge in [0.05, 0.1) is 5.69 Å². The molecule has 0 saturated heterocycles. The Hall–Kier alpha value is -2.67. The number of amides is 3. The van der Waals surface area contributed by atoms with Gasteiger partial charge in [0.15, 0.2) is 5.71 Å². The van der Waals surface area contributed by atoms with Gasteiger partial charge in [0, 0.05) is 22.2 Å². The van der Waals surface area contributed by atoms with E-state index in [0.29, 0.717) is 22.9 Å². The molecule has 0 saturated carbocycles. The van der Waals surface area contributed by atoms with Gasteiger partial charge in [-0.15, -0.1) is 5.01 Å². The molecule has 2 aliphatic heterocycles. The molecule has 1 aromatic rings. The average Bonchev–Trinajstić information content (AvgIpc) is 3.07. The zero-order valence-corrected chi connectivity index (χ0v) is 19.5. The molecule has 1 aliphatic carbocycles. The number of nitrogens with zero attached hydrogens (tertiary/aromatic N) is 4. The second-order valence-corrected chi connectivity index (χ2v) is 9.43. The maximum atomic E-state index is 12.9. The highest BCUT2D eigenvalue weighted by molar-refractivity contribution is 9.10. The number of hydrogen-bond donors (Lipinski definition) is 0. The fraction of sp³-hybridized carbons (Fsp3) is 0.375. The van der Waals surface area contributed by atoms with Crippen molar-refractivity contribution >= 4 is 51.2 Å². The van der Waals surface area contributed by atoms with Crippen molar-refractivity contribution in [3.8, 4) is 0 Å². The number of fused-ring (bicyclic) bond motifs is 3. The molecule has 160 valence electrons. The van der Waals surface area contributed by atoms with Crippen LogP contribution in [0.15, 0.2) is 61.1 Å². The Morgan fingerprint density at radius 1 is 1.26 bits per heavy atom. The van der Waals surface area contributed by atoms with Crippen LogP contribution in [0.5, 0.6) is 0 Å². The number of aliphatic imine (C=N–C) groups is 2. The summed E-state index contributed by atoms with van der Waals surface area (Å²) in [7, 11) is 0. The number of benzene rings is 1. The van der Waals surface area contributed by atoms with Crippen molar-refractivity contribution in [1.82, 2.24) is 5.01 Å². The molecule has 3 amide bonds. The first kappa shape index (κ1) is 21.6. The Labute approximate surface area is 190 Å². The minimum absolute atomic E-state index is 0.169. The SMILES string of the molecule is CC(C)=CCCC1=CC[C@@H](C=NN2C(=O)N=C3C(=Nc4ccc(Br)cc43)C2=O)[C@H](C)C1. The number of urea groups is 1. The molecule has 0 aromatic heterocycles. The molecule has 2 heterocycles. The van der Waals surface area contributed by atoms with E-state index in [0.717, 1.165) is 35.2 Å². The number of halogens is 1. The van der Waals surface area contributed by atoms with Crippen LogP contribution >= 0.6 is 15.9 Å². The molecule has 0 unspecified atom stereocenters. The molecule has 0 bridgehead atoms. The molecule has 3 aliphatic rings. The van der Waals surface area contributed by atoms with Gasteiger partial charge in [-0.3, -0.25) is 4.79 Å². The van der Waals surface area contributed by atoms with Gasteiger partial charge in [-0.05, 0) is 63.6 Å². The topological polar surface area (TPSA) is 74.5 Å². The van der Waals surface area contributed by atoms with Gasteiger partial charge in [-0.25, -0.2) is 9.79 Å². The third kappa shape index (κ3) is 4.51. The van der Waals surface area contributed by atoms with Gasteiger partial charge in [0.25, 0.3) is 0 Å². The number of rotatable bonds is 5. The highest BCUT2D eigenvalue weighted by Crippen LogP contribution is 2.33. The van der Waals surface area contributed by atoms with Crippen molar-refractivity contribution in [3.05, 3.63) is 51.5 Å². The van der Waals surface area contributed by atoms with Crippen LogP contribution in [0.4, 0.5) is 10.5 Å². The summed E-state index contributed by atoms with van der Waals surface area (Å²) in [5.74, 6) is 0.0479. The molecule has 0 spiro atoms. The smallest absolute Gasteiger partial charge is 0.265 e. The molecule has 2 atom stereocenters. The Kier molecular flexibility index (Phi) is 6.14. The monoisotopic (exact) mass is 480 g/mol. The summed E-state index contributed by atoms with van der Waals surface area (Å²) in [6.45, 7) is 6.43. The van der Waals surface area contributed by atoms with Gasteiger partial charge in [0.1, 0.15) is 5.71 Å². The van der Waals surface area contributed by atoms with E-state index < -0.39 is 11.9 Å². The summed E-state index contributed by atoms with van der Waals surface area (Å²) >= 11 is 3.41. The van der Waals surface area contributed by atoms with E-state index in [-0.39, 0.29) is 11.6 Å². The summed E-state index contributed by atoms with van der Waals surface area (Å²) < 4.78 is 0.838. The average molecular weight is 481 g/mol. The second kappa shape index (κ2) is 8.83. The van der Waals surface area contributed by atoms with Crippen LogP contribution in [0.25, 0.3) is 0 Å². The Bertz CT molecular complexity index is 1090. The van der Waals surface area contributed by atoms with E-state index in [1.807, 2.05) is 12.1 Å². The van der Waals surface area contributed by atoms with Crippen molar-refractivity contribution in [2.75, 3.05) is 0 Å². The lowest BCUT2D eigenvalue weighted by molar-refractivity contribution is -0.121. The Balaban J connectivity index is 1.47. The van der Waals surface area contributed by atoms with Crippen LogP contribution in [0.2, 0.25) is 0 Å². The first-order valence-electron chi connectivity index (χ1n) is 10.5. The third-order valence-corrected chi connectivity index (χ3v) is 6.33. The standard InChI is InChI=1S/C24H25BrN4O2/c1-14(2)5-4-6-16-7-8-17(15(3)11-16)13-26-29-23(30)22-21(28-24(29)31)19-12-18(25)9-10-20(19)27-22/h5,7,9-10,12-13,15,17H,4,6,8,11H2,1-3H3/t15-,17+/m1/s1. The predicted octanol–water partition coefficient (Wildman–Crippen LogP) is 5.99. The van der Waals surface area contributed by atoms with Crippen LogP contribution in [-0.2, 0) is 4.79 Å². The zero-order chi connectivity index (χ0) is 22.1. The number of carbonyl (C=O) groups excluding carboxylic acids is 2. The molecule has 31 heavy (non-hydrogen) atoms. The van der Waals surface area contributed by atoms with E-state index in [1.54, 1.807) is 12.3 Å². The van der Waals surface area contributed by atoms with Crippen molar-refractivity contribution in [2.24, 2.45) is 26.9 Å². The highest BCUT2D eigenvalue weighted by atomic mass is 79.9. The van der Waals surface area contributed by atoms with Crippen LogP contribution in [0, 0.1) is 11.8 Å². The number of hydrogen-bond acceptors (Lipinski definition) is 4. The van der Waals surface area contributed by atoms with Crippen LogP contribution in [-0.4, -0.2) is 34.6 Å². The minimum atomic E-state index is -0.676. The molecule has 6 nitrogen and oxygen atoms in total. The number of imide groups is 1. The molecular weight excluding hydrogens is 456 g/mol. The number of allylic oxidation sites excluding steroid dienone is 4. The second-order valence-electron chi connectivity index (χ2n) is 8.51. The lowest BCUT2D eigenvalue weighted by Crippen LogP contribution is -2.43. The molecule has 0 fully saturated rings. The van der Waals surface area contributed by atoms with Crippen molar-refractivity contribution in [2.45, 2.75) is 46.5 Å². The molecule has 4 rings (SSSR count). The fourth-order valence-electron chi connectivity index (χ4n) is 4.08. The fourth-order valence-corrected chi connectivity index (χ4v) is 4.45. The normalized spacial score (nSPS) is 22.7. The molecule has 0 radical (unpaired) electrons. The van der Waals surface area contributed by atoms with Crippen LogP contribution in [0.3, 0.4) is 0 Å². The largest absolute Gasteiger partial charge is 0.372 e. The van der Waals surface area contributed by atoms with E-state index in [1.165, 1.54) is 11.1 Å². The highest BCUT2D eigenvalue weighted by Gasteiger charge is 2.39. The van der Waals surface area contributed by atoms with Gasteiger partial charge in [-0.1, -0.05) is 46.2 Å². The first-order chi connectivity index (χ1) is 14.8. The first-order valence-corrected chi connectivity index (χ1v) is 11.3. The van der Waals surface area contributed by atoms with Crippen LogP contribution < -0.4 is 0 Å². The summed E-state index contributed by atoms with van der Waals surface area (Å²) in [6.07, 6.45) is 10.3. The third-order valence-electron chi connectivity index (χ3n) is 5.84. The molecular formula is C24H25BrN4O2. The van der Waals surface area contributed by atoms with Gasteiger partial charge in [0.2, 0.25) is 0 Å². The van der Waals surface area contributed by atoms with E-state index >= 15 is 0 Å². The quantitative estimate of drug-likeness (QED) is 0.383. The molecule has 0 N–H and O–H groups in total. The summed E-state index contributed by atoms with van der Waals surface area (Å²) in [5.41, 5.74) is 4.63. The molecule has 1 aromatic carbocycles. The maximum absolute atomic E-state index is 12.9. The van der Waals surface area contributed by atoms with Gasteiger partial charge >= 0.3 is 11.9 Å². The summed E-state index contributed by atoms with van der Waals surface area (Å²) in [4.78, 5) is 33.9. The van der Waals surface area contributed by atoms with Crippen molar-refractivity contribution in [3.63, 3.8) is 0 Å². The maximum Gasteiger partial charge on any atom is 0.372 e. The van der Waals surface area contributed by atoms with Gasteiger partial charge in [-0.2, -0.15) is 10.1 Å². The van der Waals surface area contributed by atoms with Crippen molar-refractivity contribution < 1.29 is 9.59 Å². The zero-order valence-electron chi connectivity index (χ0n) is 17.9. The van der Waals surface area contributed by atoms with Crippen molar-refractivity contribution in [1.29, 1.82) is 0 Å². The van der Waals surface area contributed by atoms with E-state index in [4.69, 9.17) is 0 Å². The van der Waals surface area contributed by atoms with E-state index in [2.05, 4.69) is 63.9 Å². The number of hydrazone groups is 1. The van der Waals surface area contributed by atoms with Gasteiger partial charge < -0.3 is 0 Å². The van der Waals surface area contributed by atoms with Crippen LogP contribution in [0.1, 0.15) is 52.0 Å². The minimum Gasteiger partial charge on any atom is -0.265 e.